The van der Waals surface area contributed by atoms with Crippen molar-refractivity contribution in [2.75, 3.05) is 19.0 Å². The molecule has 1 aromatic carbocycles. The molecule has 0 radical (unpaired) electrons. The lowest BCUT2D eigenvalue weighted by Gasteiger charge is -2.17. The second-order valence-corrected chi connectivity index (χ2v) is 6.48. The summed E-state index contributed by atoms with van der Waals surface area (Å²) >= 11 is 6.73. The third-order valence-electron chi connectivity index (χ3n) is 4.61. The van der Waals surface area contributed by atoms with Crippen molar-refractivity contribution in [3.8, 4) is 17.0 Å². The van der Waals surface area contributed by atoms with Gasteiger partial charge in [-0.15, -0.1) is 0 Å². The predicted octanol–water partition coefficient (Wildman–Crippen LogP) is 3.38. The van der Waals surface area contributed by atoms with Gasteiger partial charge in [-0.05, 0) is 25.5 Å². The number of benzene rings is 1. The van der Waals surface area contributed by atoms with Gasteiger partial charge in [-0.1, -0.05) is 11.6 Å². The van der Waals surface area contributed by atoms with Crippen LogP contribution in [0.5, 0.6) is 5.88 Å². The molecule has 2 N–H and O–H groups in total. The van der Waals surface area contributed by atoms with E-state index in [1.165, 1.54) is 0 Å². The molecule has 0 atom stereocenters. The van der Waals surface area contributed by atoms with E-state index in [2.05, 4.69) is 19.9 Å². The predicted molar refractivity (Wildman–Crippen MR) is 98.3 cm³/mol. The van der Waals surface area contributed by atoms with Crippen molar-refractivity contribution >= 4 is 28.6 Å². The number of rotatable bonds is 3. The second kappa shape index (κ2) is 6.20. The molecule has 0 unspecified atom stereocenters. The van der Waals surface area contributed by atoms with Crippen LogP contribution >= 0.6 is 11.6 Å². The summed E-state index contributed by atoms with van der Waals surface area (Å²) in [7, 11) is 1.59. The van der Waals surface area contributed by atoms with Gasteiger partial charge in [-0.2, -0.15) is 0 Å². The Bertz CT molecular complexity index is 968. The standard InChI is InChI=1S/C18H19ClN4O2/c1-10-12(4-5-14(21-10)25-2)13-8-11(9-24)17-16(15(13)19)22-18-20-6-3-7-23(17)18/h4-5,8,24H,3,6-7,9H2,1-2H3,(H,20,22). The van der Waals surface area contributed by atoms with Gasteiger partial charge in [0, 0.05) is 41.5 Å². The number of anilines is 1. The number of hydrogen-bond donors (Lipinski definition) is 2. The van der Waals surface area contributed by atoms with E-state index in [1.807, 2.05) is 19.1 Å². The summed E-state index contributed by atoms with van der Waals surface area (Å²) in [6.07, 6.45) is 1.02. The van der Waals surface area contributed by atoms with Crippen molar-refractivity contribution in [3.63, 3.8) is 0 Å². The number of methoxy groups -OCH3 is 1. The number of halogens is 1. The van der Waals surface area contributed by atoms with Gasteiger partial charge in [0.1, 0.15) is 5.52 Å². The Morgan fingerprint density at radius 1 is 1.32 bits per heavy atom. The first-order valence-corrected chi connectivity index (χ1v) is 8.60. The molecule has 6 nitrogen and oxygen atoms in total. The van der Waals surface area contributed by atoms with E-state index in [9.17, 15) is 5.11 Å². The summed E-state index contributed by atoms with van der Waals surface area (Å²) in [5, 5.41) is 13.8. The summed E-state index contributed by atoms with van der Waals surface area (Å²) in [4.78, 5) is 9.10. The van der Waals surface area contributed by atoms with E-state index < -0.39 is 0 Å². The Balaban J connectivity index is 1.98. The van der Waals surface area contributed by atoms with Crippen LogP contribution in [-0.2, 0) is 13.2 Å². The quantitative estimate of drug-likeness (QED) is 0.751. The van der Waals surface area contributed by atoms with Crippen LogP contribution in [0.2, 0.25) is 5.02 Å². The number of nitrogens with one attached hydrogen (secondary N) is 1. The van der Waals surface area contributed by atoms with Gasteiger partial charge in [-0.3, -0.25) is 0 Å². The van der Waals surface area contributed by atoms with Gasteiger partial charge in [0.2, 0.25) is 11.8 Å². The SMILES string of the molecule is COc1ccc(-c2cc(CO)c3c(nc4n3CCCN4)c2Cl)c(C)n1. The molecule has 0 aliphatic carbocycles. The summed E-state index contributed by atoms with van der Waals surface area (Å²) in [6, 6.07) is 5.68. The van der Waals surface area contributed by atoms with Crippen LogP contribution in [0.15, 0.2) is 18.2 Å². The molecule has 0 spiro atoms. The lowest BCUT2D eigenvalue weighted by molar-refractivity contribution is 0.283. The third-order valence-corrected chi connectivity index (χ3v) is 4.99. The van der Waals surface area contributed by atoms with Crippen molar-refractivity contribution in [1.82, 2.24) is 14.5 Å². The maximum absolute atomic E-state index is 9.93. The molecule has 25 heavy (non-hydrogen) atoms. The average molecular weight is 359 g/mol. The number of fused-ring (bicyclic) bond motifs is 3. The van der Waals surface area contributed by atoms with Crippen molar-refractivity contribution in [1.29, 1.82) is 0 Å². The molecule has 7 heteroatoms. The van der Waals surface area contributed by atoms with Crippen LogP contribution < -0.4 is 10.1 Å². The number of ether oxygens (including phenoxy) is 1. The maximum Gasteiger partial charge on any atom is 0.213 e. The molecule has 3 aromatic rings. The summed E-state index contributed by atoms with van der Waals surface area (Å²) in [5.41, 5.74) is 4.96. The summed E-state index contributed by atoms with van der Waals surface area (Å²) < 4.78 is 7.27. The second-order valence-electron chi connectivity index (χ2n) is 6.11. The smallest absolute Gasteiger partial charge is 0.213 e. The molecule has 130 valence electrons. The Morgan fingerprint density at radius 3 is 2.88 bits per heavy atom. The zero-order valence-electron chi connectivity index (χ0n) is 14.1. The fourth-order valence-electron chi connectivity index (χ4n) is 3.41. The highest BCUT2D eigenvalue weighted by molar-refractivity contribution is 6.38. The molecular formula is C18H19ClN4O2. The topological polar surface area (TPSA) is 72.2 Å². The highest BCUT2D eigenvalue weighted by Gasteiger charge is 2.22. The number of aliphatic hydroxyl groups excluding tert-OH is 1. The van der Waals surface area contributed by atoms with Crippen LogP contribution in [0.1, 0.15) is 17.7 Å². The molecule has 0 bridgehead atoms. The molecule has 0 saturated heterocycles. The largest absolute Gasteiger partial charge is 0.481 e. The number of aryl methyl sites for hydroxylation is 2. The lowest BCUT2D eigenvalue weighted by atomic mass is 10.0. The van der Waals surface area contributed by atoms with Crippen molar-refractivity contribution in [3.05, 3.63) is 34.5 Å². The molecule has 1 aliphatic rings. The molecule has 3 heterocycles. The Hall–Kier alpha value is -2.31. The first kappa shape index (κ1) is 16.2. The van der Waals surface area contributed by atoms with Gasteiger partial charge in [0.05, 0.1) is 24.3 Å². The monoisotopic (exact) mass is 358 g/mol. The molecular weight excluding hydrogens is 340 g/mol. The number of hydrogen-bond acceptors (Lipinski definition) is 5. The fraction of sp³-hybridized carbons (Fsp3) is 0.333. The molecule has 0 amide bonds. The summed E-state index contributed by atoms with van der Waals surface area (Å²) in [5.74, 6) is 1.36. The van der Waals surface area contributed by atoms with Gasteiger partial charge in [-0.25, -0.2) is 9.97 Å². The minimum absolute atomic E-state index is 0.0750. The van der Waals surface area contributed by atoms with Gasteiger partial charge in [0.15, 0.2) is 0 Å². The van der Waals surface area contributed by atoms with Gasteiger partial charge < -0.3 is 19.7 Å². The number of nitrogens with zero attached hydrogens (tertiary/aromatic N) is 3. The average Bonchev–Trinajstić information content (AvgIpc) is 3.03. The van der Waals surface area contributed by atoms with E-state index in [-0.39, 0.29) is 6.61 Å². The molecule has 0 fully saturated rings. The highest BCUT2D eigenvalue weighted by Crippen LogP contribution is 2.39. The number of imidazole rings is 1. The van der Waals surface area contributed by atoms with E-state index in [0.717, 1.165) is 53.4 Å². The fourth-order valence-corrected chi connectivity index (χ4v) is 3.70. The van der Waals surface area contributed by atoms with Crippen LogP contribution in [0.3, 0.4) is 0 Å². The Labute approximate surface area is 150 Å². The third kappa shape index (κ3) is 2.53. The highest BCUT2D eigenvalue weighted by atomic mass is 35.5. The maximum atomic E-state index is 9.93. The van der Waals surface area contributed by atoms with Gasteiger partial charge >= 0.3 is 0 Å². The van der Waals surface area contributed by atoms with Crippen molar-refractivity contribution in [2.45, 2.75) is 26.5 Å². The lowest BCUT2D eigenvalue weighted by Crippen LogP contribution is -2.17. The van der Waals surface area contributed by atoms with Gasteiger partial charge in [0.25, 0.3) is 0 Å². The van der Waals surface area contributed by atoms with E-state index in [0.29, 0.717) is 16.4 Å². The first-order chi connectivity index (χ1) is 12.1. The normalized spacial score (nSPS) is 13.6. The molecule has 2 aromatic heterocycles. The number of aliphatic hydroxyl groups is 1. The minimum Gasteiger partial charge on any atom is -0.481 e. The van der Waals surface area contributed by atoms with Crippen LogP contribution in [0.4, 0.5) is 5.95 Å². The Morgan fingerprint density at radius 2 is 2.16 bits per heavy atom. The zero-order chi connectivity index (χ0) is 17.6. The van der Waals surface area contributed by atoms with E-state index in [4.69, 9.17) is 16.3 Å². The summed E-state index contributed by atoms with van der Waals surface area (Å²) in [6.45, 7) is 3.60. The number of pyridine rings is 1. The Kier molecular flexibility index (Phi) is 4.01. The first-order valence-electron chi connectivity index (χ1n) is 8.22. The molecule has 0 saturated carbocycles. The minimum atomic E-state index is -0.0750. The van der Waals surface area contributed by atoms with E-state index >= 15 is 0 Å². The van der Waals surface area contributed by atoms with Crippen molar-refractivity contribution < 1.29 is 9.84 Å². The van der Waals surface area contributed by atoms with Crippen LogP contribution in [-0.4, -0.2) is 33.3 Å². The van der Waals surface area contributed by atoms with Crippen LogP contribution in [0.25, 0.3) is 22.2 Å². The van der Waals surface area contributed by atoms with Crippen molar-refractivity contribution in [2.24, 2.45) is 0 Å². The zero-order valence-corrected chi connectivity index (χ0v) is 14.9. The van der Waals surface area contributed by atoms with Crippen LogP contribution in [0, 0.1) is 6.92 Å². The number of aromatic nitrogens is 3. The molecule has 1 aliphatic heterocycles. The molecule has 4 rings (SSSR count). The van der Waals surface area contributed by atoms with E-state index in [1.54, 1.807) is 13.2 Å².